The molecule has 1 aromatic rings. The number of nitrogens with two attached hydrogens (primary N) is 1. The van der Waals surface area contributed by atoms with E-state index in [1.165, 1.54) is 18.6 Å². The normalized spacial score (nSPS) is 17.8. The Morgan fingerprint density at radius 1 is 1.42 bits per heavy atom. The third kappa shape index (κ3) is 5.33. The van der Waals surface area contributed by atoms with Gasteiger partial charge >= 0.3 is 0 Å². The molecule has 0 bridgehead atoms. The molecule has 1 aliphatic heterocycles. The second-order valence-corrected chi connectivity index (χ2v) is 6.05. The summed E-state index contributed by atoms with van der Waals surface area (Å²) in [5.74, 6) is 1.37. The highest BCUT2D eigenvalue weighted by Gasteiger charge is 2.16. The molecule has 1 aromatic carbocycles. The van der Waals surface area contributed by atoms with Gasteiger partial charge in [-0.2, -0.15) is 11.8 Å². The van der Waals surface area contributed by atoms with E-state index < -0.39 is 0 Å². The van der Waals surface area contributed by atoms with Crippen LogP contribution < -0.4 is 11.1 Å². The fourth-order valence-corrected chi connectivity index (χ4v) is 3.33. The number of carbonyl (C=O) groups excluding carboxylic acids is 1. The molecule has 3 N–H and O–H groups in total. The van der Waals surface area contributed by atoms with Gasteiger partial charge < -0.3 is 11.1 Å². The fraction of sp³-hybridized carbons (Fsp3) is 0.500. The van der Waals surface area contributed by atoms with E-state index >= 15 is 0 Å². The van der Waals surface area contributed by atoms with Crippen molar-refractivity contribution in [2.75, 3.05) is 18.0 Å². The van der Waals surface area contributed by atoms with E-state index in [2.05, 4.69) is 5.32 Å². The predicted octanol–water partition coefficient (Wildman–Crippen LogP) is 2.64. The summed E-state index contributed by atoms with van der Waals surface area (Å²) < 4.78 is 0. The van der Waals surface area contributed by atoms with E-state index in [1.54, 1.807) is 0 Å². The Bertz CT molecular complexity index is 408. The van der Waals surface area contributed by atoms with Gasteiger partial charge in [-0.1, -0.05) is 18.2 Å². The number of nitrogens with one attached hydrogen (secondary N) is 1. The van der Waals surface area contributed by atoms with Gasteiger partial charge in [0, 0.05) is 23.9 Å². The summed E-state index contributed by atoms with van der Waals surface area (Å²) in [5.41, 5.74) is 7.68. The number of carbonyl (C=O) groups is 1. The summed E-state index contributed by atoms with van der Waals surface area (Å²) in [4.78, 5) is 11.7. The largest absolute Gasteiger partial charge is 0.399 e. The topological polar surface area (TPSA) is 55.1 Å². The highest BCUT2D eigenvalue weighted by Crippen LogP contribution is 2.25. The van der Waals surface area contributed by atoms with Crippen LogP contribution in [-0.4, -0.2) is 23.5 Å². The van der Waals surface area contributed by atoms with Crippen molar-refractivity contribution in [1.29, 1.82) is 0 Å². The van der Waals surface area contributed by atoms with Gasteiger partial charge in [0.1, 0.15) is 0 Å². The Balaban J connectivity index is 0.00000180. The van der Waals surface area contributed by atoms with E-state index in [4.69, 9.17) is 5.73 Å². The Kier molecular flexibility index (Phi) is 7.10. The molecule has 1 atom stereocenters. The average Bonchev–Trinajstić information content (AvgIpc) is 2.88. The summed E-state index contributed by atoms with van der Waals surface area (Å²) in [6, 6.07) is 7.73. The van der Waals surface area contributed by atoms with E-state index in [0.717, 1.165) is 24.2 Å². The molecule has 19 heavy (non-hydrogen) atoms. The van der Waals surface area contributed by atoms with Crippen molar-refractivity contribution in [2.24, 2.45) is 0 Å². The number of para-hydroxylation sites is 1. The number of hydrogen-bond acceptors (Lipinski definition) is 3. The first-order valence-electron chi connectivity index (χ1n) is 6.47. The molecule has 1 fully saturated rings. The number of thioether (sulfide) groups is 1. The monoisotopic (exact) mass is 300 g/mol. The Labute approximate surface area is 125 Å². The highest BCUT2D eigenvalue weighted by atomic mass is 35.5. The quantitative estimate of drug-likeness (QED) is 0.822. The van der Waals surface area contributed by atoms with Crippen molar-refractivity contribution in [3.05, 3.63) is 29.8 Å². The van der Waals surface area contributed by atoms with Crippen LogP contribution in [0.25, 0.3) is 0 Å². The zero-order valence-corrected chi connectivity index (χ0v) is 12.6. The lowest BCUT2D eigenvalue weighted by Crippen LogP contribution is -2.29. The Morgan fingerprint density at radius 2 is 2.21 bits per heavy atom. The summed E-state index contributed by atoms with van der Waals surface area (Å²) in [5, 5.41) is 3.63. The van der Waals surface area contributed by atoms with Crippen LogP contribution in [0.5, 0.6) is 0 Å². The highest BCUT2D eigenvalue weighted by molar-refractivity contribution is 8.00. The van der Waals surface area contributed by atoms with Crippen LogP contribution in [-0.2, 0) is 11.2 Å². The van der Waals surface area contributed by atoms with Gasteiger partial charge in [-0.05, 0) is 36.6 Å². The number of anilines is 1. The van der Waals surface area contributed by atoms with E-state index in [9.17, 15) is 4.79 Å². The number of hydrogen-bond donors (Lipinski definition) is 2. The van der Waals surface area contributed by atoms with Gasteiger partial charge in [0.15, 0.2) is 0 Å². The maximum atomic E-state index is 11.7. The lowest BCUT2D eigenvalue weighted by atomic mass is 10.1. The maximum absolute atomic E-state index is 11.7. The van der Waals surface area contributed by atoms with Crippen LogP contribution in [0.3, 0.4) is 0 Å². The average molecular weight is 301 g/mol. The lowest BCUT2D eigenvalue weighted by Gasteiger charge is -2.10. The second kappa shape index (κ2) is 8.33. The molecule has 0 spiro atoms. The smallest absolute Gasteiger partial charge is 0.220 e. The molecule has 1 heterocycles. The van der Waals surface area contributed by atoms with E-state index in [1.807, 2.05) is 36.0 Å². The molecule has 5 heteroatoms. The van der Waals surface area contributed by atoms with Crippen LogP contribution in [0.15, 0.2) is 24.3 Å². The van der Waals surface area contributed by atoms with E-state index in [-0.39, 0.29) is 18.3 Å². The van der Waals surface area contributed by atoms with Crippen LogP contribution in [0.4, 0.5) is 5.69 Å². The number of halogens is 1. The number of amides is 1. The second-order valence-electron chi connectivity index (χ2n) is 4.64. The van der Waals surface area contributed by atoms with Crippen LogP contribution in [0.2, 0.25) is 0 Å². The van der Waals surface area contributed by atoms with Gasteiger partial charge in [0.25, 0.3) is 0 Å². The molecule has 1 amide bonds. The zero-order valence-electron chi connectivity index (χ0n) is 10.9. The fourth-order valence-electron chi connectivity index (χ4n) is 2.13. The molecule has 1 aliphatic rings. The number of aryl methyl sites for hydroxylation is 1. The molecule has 0 aromatic heterocycles. The molecular weight excluding hydrogens is 280 g/mol. The van der Waals surface area contributed by atoms with Gasteiger partial charge in [0.2, 0.25) is 5.91 Å². The summed E-state index contributed by atoms with van der Waals surface area (Å²) >= 11 is 1.97. The first-order valence-corrected chi connectivity index (χ1v) is 7.52. The summed E-state index contributed by atoms with van der Waals surface area (Å²) in [6.45, 7) is 0.813. The molecule has 0 saturated carbocycles. The zero-order chi connectivity index (χ0) is 12.8. The van der Waals surface area contributed by atoms with Crippen molar-refractivity contribution in [3.63, 3.8) is 0 Å². The lowest BCUT2D eigenvalue weighted by molar-refractivity contribution is -0.121. The Hall–Kier alpha value is -0.870. The predicted molar refractivity (Wildman–Crippen MR) is 84.9 cm³/mol. The molecule has 0 radical (unpaired) electrons. The van der Waals surface area contributed by atoms with Crippen LogP contribution in [0, 0.1) is 0 Å². The van der Waals surface area contributed by atoms with Crippen molar-refractivity contribution < 1.29 is 4.79 Å². The molecule has 106 valence electrons. The van der Waals surface area contributed by atoms with Gasteiger partial charge in [-0.25, -0.2) is 0 Å². The molecule has 3 nitrogen and oxygen atoms in total. The summed E-state index contributed by atoms with van der Waals surface area (Å²) in [7, 11) is 0. The van der Waals surface area contributed by atoms with Gasteiger partial charge in [0.05, 0.1) is 0 Å². The Morgan fingerprint density at radius 3 is 2.89 bits per heavy atom. The van der Waals surface area contributed by atoms with Crippen LogP contribution >= 0.6 is 24.2 Å². The van der Waals surface area contributed by atoms with Crippen molar-refractivity contribution in [3.8, 4) is 0 Å². The summed E-state index contributed by atoms with van der Waals surface area (Å²) in [6.07, 6.45) is 3.75. The molecule has 1 unspecified atom stereocenters. The first-order chi connectivity index (χ1) is 8.75. The third-order valence-corrected chi connectivity index (χ3v) is 4.63. The standard InChI is InChI=1S/C14H20N2OS.ClH/c15-13-6-2-1-4-11(13)7-8-14(17)16-10-12-5-3-9-18-12;/h1-2,4,6,12H,3,5,7-10,15H2,(H,16,17);1H. The SMILES string of the molecule is Cl.Nc1ccccc1CCC(=O)NCC1CCCS1. The molecule has 2 rings (SSSR count). The molecule has 1 saturated heterocycles. The minimum Gasteiger partial charge on any atom is -0.399 e. The molecular formula is C14H21ClN2OS. The minimum atomic E-state index is 0. The van der Waals surface area contributed by atoms with Crippen LogP contribution in [0.1, 0.15) is 24.8 Å². The molecule has 0 aliphatic carbocycles. The first kappa shape index (κ1) is 16.2. The van der Waals surface area contributed by atoms with Crippen molar-refractivity contribution in [1.82, 2.24) is 5.32 Å². The van der Waals surface area contributed by atoms with Crippen molar-refractivity contribution in [2.45, 2.75) is 30.9 Å². The van der Waals surface area contributed by atoms with Crippen molar-refractivity contribution >= 4 is 35.8 Å². The number of rotatable bonds is 5. The van der Waals surface area contributed by atoms with Gasteiger partial charge in [-0.3, -0.25) is 4.79 Å². The maximum Gasteiger partial charge on any atom is 0.220 e. The van der Waals surface area contributed by atoms with E-state index in [0.29, 0.717) is 11.7 Å². The van der Waals surface area contributed by atoms with Gasteiger partial charge in [-0.15, -0.1) is 12.4 Å². The minimum absolute atomic E-state index is 0. The third-order valence-electron chi connectivity index (χ3n) is 3.23. The number of nitrogen functional groups attached to an aromatic ring is 1. The number of benzene rings is 1.